The Morgan fingerprint density at radius 1 is 1.55 bits per heavy atom. The minimum absolute atomic E-state index is 0.369. The van der Waals surface area contributed by atoms with E-state index >= 15 is 0 Å². The molecule has 6 heteroatoms. The van der Waals surface area contributed by atoms with Crippen LogP contribution in [0.4, 0.5) is 0 Å². The second-order valence-electron chi connectivity index (χ2n) is 5.17. The van der Waals surface area contributed by atoms with Crippen LogP contribution in [0, 0.1) is 0 Å². The van der Waals surface area contributed by atoms with Crippen LogP contribution in [0.3, 0.4) is 0 Å². The van der Waals surface area contributed by atoms with Crippen molar-refractivity contribution in [3.05, 3.63) is 34.9 Å². The normalized spacial score (nSPS) is 19.6. The Labute approximate surface area is 122 Å². The van der Waals surface area contributed by atoms with Crippen molar-refractivity contribution in [1.82, 2.24) is 14.3 Å². The number of ether oxygens (including phenoxy) is 1. The third-order valence-electron chi connectivity index (χ3n) is 3.80. The second kappa shape index (κ2) is 5.07. The van der Waals surface area contributed by atoms with Crippen LogP contribution in [0.15, 0.2) is 18.3 Å². The maximum Gasteiger partial charge on any atom is 0.337 e. The van der Waals surface area contributed by atoms with Gasteiger partial charge in [-0.1, -0.05) is 11.6 Å². The number of likely N-dealkylation sites (tertiary alicyclic amines) is 1. The number of carbonyl (C=O) groups is 1. The van der Waals surface area contributed by atoms with Gasteiger partial charge in [0.25, 0.3) is 0 Å². The fourth-order valence-corrected chi connectivity index (χ4v) is 2.98. The number of fused-ring (bicyclic) bond motifs is 1. The molecule has 20 heavy (non-hydrogen) atoms. The molecule has 0 aliphatic carbocycles. The van der Waals surface area contributed by atoms with Crippen molar-refractivity contribution in [3.63, 3.8) is 0 Å². The minimum atomic E-state index is -0.369. The van der Waals surface area contributed by atoms with Crippen molar-refractivity contribution in [2.24, 2.45) is 0 Å². The van der Waals surface area contributed by atoms with Gasteiger partial charge in [0.2, 0.25) is 0 Å². The standard InChI is InChI=1S/C14H16ClN3O2/c1-17-5-3-10(8-17)13-16-12(15)11-7-9(14(19)20-2)4-6-18(11)13/h4,6-7,10H,3,5,8H2,1-2H3. The van der Waals surface area contributed by atoms with Gasteiger partial charge in [-0.3, -0.25) is 0 Å². The molecule has 3 rings (SSSR count). The largest absolute Gasteiger partial charge is 0.465 e. The van der Waals surface area contributed by atoms with Crippen LogP contribution >= 0.6 is 11.6 Å². The van der Waals surface area contributed by atoms with E-state index < -0.39 is 0 Å². The van der Waals surface area contributed by atoms with Crippen molar-refractivity contribution < 1.29 is 9.53 Å². The van der Waals surface area contributed by atoms with Crippen molar-refractivity contribution >= 4 is 23.1 Å². The molecule has 1 aliphatic rings. The minimum Gasteiger partial charge on any atom is -0.465 e. The lowest BCUT2D eigenvalue weighted by Crippen LogP contribution is -2.14. The number of nitrogens with zero attached hydrogens (tertiary/aromatic N) is 3. The van der Waals surface area contributed by atoms with Gasteiger partial charge in [-0.05, 0) is 32.1 Å². The molecule has 0 N–H and O–H groups in total. The lowest BCUT2D eigenvalue weighted by atomic mass is 10.1. The third kappa shape index (κ3) is 2.17. The molecule has 106 valence electrons. The first-order valence-electron chi connectivity index (χ1n) is 6.54. The predicted octanol–water partition coefficient (Wildman–Crippen LogP) is 2.19. The second-order valence-corrected chi connectivity index (χ2v) is 5.53. The number of halogens is 1. The van der Waals surface area contributed by atoms with E-state index in [4.69, 9.17) is 16.3 Å². The predicted molar refractivity (Wildman–Crippen MR) is 76.4 cm³/mol. The number of hydrogen-bond acceptors (Lipinski definition) is 4. The first kappa shape index (κ1) is 13.4. The summed E-state index contributed by atoms with van der Waals surface area (Å²) in [5.74, 6) is 0.974. The molecular formula is C14H16ClN3O2. The van der Waals surface area contributed by atoms with Crippen LogP contribution in [-0.4, -0.2) is 47.5 Å². The average molecular weight is 294 g/mol. The average Bonchev–Trinajstić information content (AvgIpc) is 3.02. The number of imidazole rings is 1. The van der Waals surface area contributed by atoms with Gasteiger partial charge in [0.15, 0.2) is 5.15 Å². The number of esters is 1. The first-order valence-corrected chi connectivity index (χ1v) is 6.92. The number of carbonyl (C=O) groups excluding carboxylic acids is 1. The highest BCUT2D eigenvalue weighted by molar-refractivity contribution is 6.32. The van der Waals surface area contributed by atoms with Crippen molar-refractivity contribution in [2.45, 2.75) is 12.3 Å². The zero-order valence-electron chi connectivity index (χ0n) is 11.5. The highest BCUT2D eigenvalue weighted by Gasteiger charge is 2.26. The van der Waals surface area contributed by atoms with Crippen LogP contribution in [0.1, 0.15) is 28.5 Å². The topological polar surface area (TPSA) is 46.8 Å². The zero-order valence-corrected chi connectivity index (χ0v) is 12.2. The summed E-state index contributed by atoms with van der Waals surface area (Å²) >= 11 is 6.21. The number of aromatic nitrogens is 2. The molecule has 0 radical (unpaired) electrons. The van der Waals surface area contributed by atoms with Crippen molar-refractivity contribution in [3.8, 4) is 0 Å². The summed E-state index contributed by atoms with van der Waals surface area (Å²) in [5.41, 5.74) is 1.23. The molecule has 1 aliphatic heterocycles. The lowest BCUT2D eigenvalue weighted by molar-refractivity contribution is 0.0600. The van der Waals surface area contributed by atoms with E-state index in [2.05, 4.69) is 16.9 Å². The van der Waals surface area contributed by atoms with Crippen LogP contribution in [0.25, 0.3) is 5.52 Å². The summed E-state index contributed by atoms with van der Waals surface area (Å²) in [6.45, 7) is 2.05. The molecule has 1 atom stereocenters. The summed E-state index contributed by atoms with van der Waals surface area (Å²) in [6.07, 6.45) is 2.92. The fraction of sp³-hybridized carbons (Fsp3) is 0.429. The third-order valence-corrected chi connectivity index (χ3v) is 4.08. The smallest absolute Gasteiger partial charge is 0.337 e. The monoisotopic (exact) mass is 293 g/mol. The molecule has 1 saturated heterocycles. The summed E-state index contributed by atoms with van der Waals surface area (Å²) < 4.78 is 6.70. The van der Waals surface area contributed by atoms with Gasteiger partial charge < -0.3 is 14.0 Å². The van der Waals surface area contributed by atoms with Crippen LogP contribution < -0.4 is 0 Å². The van der Waals surface area contributed by atoms with Crippen LogP contribution in [-0.2, 0) is 4.74 Å². The molecule has 1 unspecified atom stereocenters. The van der Waals surface area contributed by atoms with Gasteiger partial charge in [0.1, 0.15) is 5.82 Å². The maximum atomic E-state index is 11.6. The molecule has 0 amide bonds. The fourth-order valence-electron chi connectivity index (χ4n) is 2.75. The number of methoxy groups -OCH3 is 1. The van der Waals surface area contributed by atoms with Crippen LogP contribution in [0.5, 0.6) is 0 Å². The van der Waals surface area contributed by atoms with Crippen molar-refractivity contribution in [2.75, 3.05) is 27.2 Å². The van der Waals surface area contributed by atoms with Gasteiger partial charge >= 0.3 is 5.97 Å². The first-order chi connectivity index (χ1) is 9.60. The molecular weight excluding hydrogens is 278 g/mol. The zero-order chi connectivity index (χ0) is 14.3. The van der Waals surface area contributed by atoms with Gasteiger partial charge in [0, 0.05) is 18.7 Å². The van der Waals surface area contributed by atoms with E-state index in [1.165, 1.54) is 7.11 Å². The summed E-state index contributed by atoms with van der Waals surface area (Å²) in [5, 5.41) is 0.431. The molecule has 5 nitrogen and oxygen atoms in total. The van der Waals surface area contributed by atoms with Crippen molar-refractivity contribution in [1.29, 1.82) is 0 Å². The number of pyridine rings is 1. The molecule has 0 spiro atoms. The molecule has 0 aromatic carbocycles. The summed E-state index contributed by atoms with van der Waals surface area (Å²) in [7, 11) is 3.47. The Morgan fingerprint density at radius 3 is 3.00 bits per heavy atom. The lowest BCUT2D eigenvalue weighted by Gasteiger charge is -2.09. The van der Waals surface area contributed by atoms with E-state index in [1.54, 1.807) is 12.1 Å². The molecule has 1 fully saturated rings. The number of hydrogen-bond donors (Lipinski definition) is 0. The van der Waals surface area contributed by atoms with Crippen LogP contribution in [0.2, 0.25) is 5.15 Å². The van der Waals surface area contributed by atoms with E-state index in [-0.39, 0.29) is 5.97 Å². The van der Waals surface area contributed by atoms with Gasteiger partial charge in [0.05, 0.1) is 18.2 Å². The molecule has 3 heterocycles. The molecule has 0 bridgehead atoms. The van der Waals surface area contributed by atoms with E-state index in [1.807, 2.05) is 10.6 Å². The van der Waals surface area contributed by atoms with E-state index in [0.29, 0.717) is 16.6 Å². The Kier molecular flexibility index (Phi) is 3.40. The highest BCUT2D eigenvalue weighted by atomic mass is 35.5. The molecule has 0 saturated carbocycles. The SMILES string of the molecule is COC(=O)c1ccn2c(C3CCN(C)C3)nc(Cl)c2c1. The Balaban J connectivity index is 2.06. The quantitative estimate of drug-likeness (QED) is 0.797. The summed E-state index contributed by atoms with van der Waals surface area (Å²) in [4.78, 5) is 18.3. The Hall–Kier alpha value is -1.59. The molecule has 2 aromatic rings. The van der Waals surface area contributed by atoms with E-state index in [0.717, 1.165) is 30.9 Å². The Bertz CT molecular complexity index is 668. The summed E-state index contributed by atoms with van der Waals surface area (Å²) in [6, 6.07) is 3.46. The molecule has 2 aromatic heterocycles. The number of rotatable bonds is 2. The van der Waals surface area contributed by atoms with Gasteiger partial charge in [-0.2, -0.15) is 0 Å². The van der Waals surface area contributed by atoms with E-state index in [9.17, 15) is 4.79 Å². The maximum absolute atomic E-state index is 11.6. The van der Waals surface area contributed by atoms with Gasteiger partial charge in [-0.15, -0.1) is 0 Å². The Morgan fingerprint density at radius 2 is 2.35 bits per heavy atom. The highest BCUT2D eigenvalue weighted by Crippen LogP contribution is 2.29. The number of likely N-dealkylation sites (N-methyl/N-ethyl adjacent to an activating group) is 1. The van der Waals surface area contributed by atoms with Gasteiger partial charge in [-0.25, -0.2) is 9.78 Å².